The third kappa shape index (κ3) is 4.42. The molecule has 2 amide bonds. The van der Waals surface area contributed by atoms with Crippen LogP contribution in [0.15, 0.2) is 54.6 Å². The number of carbonyl (C=O) groups is 3. The molecule has 156 valence electrons. The molecule has 0 saturated carbocycles. The quantitative estimate of drug-likeness (QED) is 0.714. The molecule has 0 aliphatic carbocycles. The Kier molecular flexibility index (Phi) is 5.92. The summed E-state index contributed by atoms with van der Waals surface area (Å²) in [6.45, 7) is 2.82. The highest BCUT2D eigenvalue weighted by molar-refractivity contribution is 6.22. The highest BCUT2D eigenvalue weighted by atomic mass is 16.4. The Labute approximate surface area is 175 Å². The van der Waals surface area contributed by atoms with E-state index >= 15 is 0 Å². The SMILES string of the molecule is O=C(O)c1ccc(N2C(=O)C[C@@H](NC3CCN(Cc4ccccc4)CC3)C2=O)cc1. The van der Waals surface area contributed by atoms with Gasteiger partial charge in [-0.2, -0.15) is 0 Å². The first-order valence-electron chi connectivity index (χ1n) is 10.2. The van der Waals surface area contributed by atoms with Crippen LogP contribution in [0.3, 0.4) is 0 Å². The van der Waals surface area contributed by atoms with Crippen LogP contribution in [0.4, 0.5) is 5.69 Å². The van der Waals surface area contributed by atoms with Crippen LogP contribution in [-0.4, -0.2) is 53.0 Å². The number of nitrogens with zero attached hydrogens (tertiary/aromatic N) is 2. The molecule has 30 heavy (non-hydrogen) atoms. The Balaban J connectivity index is 1.32. The van der Waals surface area contributed by atoms with E-state index in [-0.39, 0.29) is 29.8 Å². The predicted octanol–water partition coefficient (Wildman–Crippen LogP) is 2.27. The molecule has 2 saturated heterocycles. The van der Waals surface area contributed by atoms with Crippen LogP contribution >= 0.6 is 0 Å². The summed E-state index contributed by atoms with van der Waals surface area (Å²) in [5.41, 5.74) is 1.83. The minimum Gasteiger partial charge on any atom is -0.478 e. The van der Waals surface area contributed by atoms with E-state index in [1.165, 1.54) is 29.8 Å². The van der Waals surface area contributed by atoms with E-state index in [0.29, 0.717) is 5.69 Å². The summed E-state index contributed by atoms with van der Waals surface area (Å²) in [4.78, 5) is 39.9. The summed E-state index contributed by atoms with van der Waals surface area (Å²) in [6.07, 6.45) is 1.99. The second-order valence-corrected chi connectivity index (χ2v) is 7.88. The van der Waals surface area contributed by atoms with Gasteiger partial charge >= 0.3 is 5.97 Å². The molecule has 2 N–H and O–H groups in total. The molecule has 4 rings (SSSR count). The van der Waals surface area contributed by atoms with Gasteiger partial charge in [-0.1, -0.05) is 30.3 Å². The van der Waals surface area contributed by atoms with Crippen molar-refractivity contribution in [3.05, 3.63) is 65.7 Å². The van der Waals surface area contributed by atoms with Crippen LogP contribution in [0, 0.1) is 0 Å². The van der Waals surface area contributed by atoms with Gasteiger partial charge in [0.1, 0.15) is 0 Å². The highest BCUT2D eigenvalue weighted by Crippen LogP contribution is 2.24. The number of imide groups is 1. The molecular formula is C23H25N3O4. The van der Waals surface area contributed by atoms with Crippen LogP contribution in [0.2, 0.25) is 0 Å². The summed E-state index contributed by atoms with van der Waals surface area (Å²) >= 11 is 0. The van der Waals surface area contributed by atoms with Gasteiger partial charge in [0, 0.05) is 12.6 Å². The predicted molar refractivity (Wildman–Crippen MR) is 112 cm³/mol. The van der Waals surface area contributed by atoms with Gasteiger partial charge < -0.3 is 10.4 Å². The van der Waals surface area contributed by atoms with Crippen molar-refractivity contribution >= 4 is 23.5 Å². The van der Waals surface area contributed by atoms with Crippen LogP contribution < -0.4 is 10.2 Å². The van der Waals surface area contributed by atoms with E-state index in [4.69, 9.17) is 5.11 Å². The molecule has 1 atom stereocenters. The normalized spacial score (nSPS) is 20.7. The van der Waals surface area contributed by atoms with Crippen molar-refractivity contribution in [3.8, 4) is 0 Å². The van der Waals surface area contributed by atoms with Crippen LogP contribution in [0.25, 0.3) is 0 Å². The van der Waals surface area contributed by atoms with Crippen molar-refractivity contribution in [2.45, 2.75) is 37.9 Å². The Bertz CT molecular complexity index is 921. The lowest BCUT2D eigenvalue weighted by Gasteiger charge is -2.33. The standard InChI is InChI=1S/C23H25N3O4/c27-21-14-20(22(28)26(21)19-8-6-17(7-9-19)23(29)30)24-18-10-12-25(13-11-18)15-16-4-2-1-3-5-16/h1-9,18,20,24H,10-15H2,(H,29,30)/t20-/m1/s1. The van der Waals surface area contributed by atoms with Gasteiger partial charge in [-0.3, -0.25) is 14.5 Å². The molecule has 2 aromatic carbocycles. The Hall–Kier alpha value is -3.03. The number of carbonyl (C=O) groups excluding carboxylic acids is 2. The lowest BCUT2D eigenvalue weighted by molar-refractivity contribution is -0.121. The van der Waals surface area contributed by atoms with Crippen LogP contribution in [-0.2, 0) is 16.1 Å². The third-order valence-corrected chi connectivity index (χ3v) is 5.79. The number of hydrogen-bond acceptors (Lipinski definition) is 5. The number of rotatable bonds is 6. The molecule has 7 heteroatoms. The number of carboxylic acids is 1. The summed E-state index contributed by atoms with van der Waals surface area (Å²) < 4.78 is 0. The topological polar surface area (TPSA) is 89.9 Å². The zero-order valence-corrected chi connectivity index (χ0v) is 16.7. The maximum atomic E-state index is 12.8. The number of aromatic carboxylic acids is 1. The van der Waals surface area contributed by atoms with Gasteiger partial charge in [-0.25, -0.2) is 9.69 Å². The van der Waals surface area contributed by atoms with E-state index in [9.17, 15) is 14.4 Å². The first kappa shape index (κ1) is 20.3. The van der Waals surface area contributed by atoms with Crippen molar-refractivity contribution < 1.29 is 19.5 Å². The van der Waals surface area contributed by atoms with Crippen molar-refractivity contribution in [2.24, 2.45) is 0 Å². The van der Waals surface area contributed by atoms with Gasteiger partial charge in [-0.05, 0) is 55.8 Å². The molecule has 0 aromatic heterocycles. The largest absolute Gasteiger partial charge is 0.478 e. The maximum Gasteiger partial charge on any atom is 0.335 e. The molecule has 7 nitrogen and oxygen atoms in total. The van der Waals surface area contributed by atoms with Crippen molar-refractivity contribution in [3.63, 3.8) is 0 Å². The molecule has 0 radical (unpaired) electrons. The monoisotopic (exact) mass is 407 g/mol. The summed E-state index contributed by atoms with van der Waals surface area (Å²) in [5.74, 6) is -1.57. The molecule has 0 bridgehead atoms. The lowest BCUT2D eigenvalue weighted by Crippen LogP contribution is -2.48. The van der Waals surface area contributed by atoms with E-state index in [0.717, 1.165) is 37.4 Å². The molecule has 2 heterocycles. The second-order valence-electron chi connectivity index (χ2n) is 7.88. The lowest BCUT2D eigenvalue weighted by atomic mass is 10.0. The first-order valence-corrected chi connectivity index (χ1v) is 10.2. The highest BCUT2D eigenvalue weighted by Gasteiger charge is 2.40. The van der Waals surface area contributed by atoms with E-state index in [2.05, 4.69) is 22.3 Å². The molecule has 2 aliphatic rings. The number of hydrogen-bond donors (Lipinski definition) is 2. The van der Waals surface area contributed by atoms with Gasteiger partial charge in [0.05, 0.1) is 23.7 Å². The summed E-state index contributed by atoms with van der Waals surface area (Å²) in [7, 11) is 0. The number of piperidine rings is 1. The number of nitrogens with one attached hydrogen (secondary N) is 1. The molecule has 2 fully saturated rings. The van der Waals surface area contributed by atoms with Crippen molar-refractivity contribution in [1.29, 1.82) is 0 Å². The summed E-state index contributed by atoms with van der Waals surface area (Å²) in [5, 5.41) is 12.4. The fourth-order valence-electron chi connectivity index (χ4n) is 4.17. The van der Waals surface area contributed by atoms with Crippen LogP contribution in [0.1, 0.15) is 35.2 Å². The molecule has 0 unspecified atom stereocenters. The van der Waals surface area contributed by atoms with E-state index in [1.807, 2.05) is 18.2 Å². The van der Waals surface area contributed by atoms with E-state index < -0.39 is 12.0 Å². The molecular weight excluding hydrogens is 382 g/mol. The zero-order valence-electron chi connectivity index (χ0n) is 16.7. The fraction of sp³-hybridized carbons (Fsp3) is 0.348. The molecule has 0 spiro atoms. The van der Waals surface area contributed by atoms with Gasteiger partial charge in [0.25, 0.3) is 5.91 Å². The number of benzene rings is 2. The Morgan fingerprint density at radius 1 is 1.00 bits per heavy atom. The average molecular weight is 407 g/mol. The number of carboxylic acid groups (broad SMARTS) is 1. The zero-order chi connectivity index (χ0) is 21.1. The smallest absolute Gasteiger partial charge is 0.335 e. The first-order chi connectivity index (χ1) is 14.5. The molecule has 2 aliphatic heterocycles. The van der Waals surface area contributed by atoms with E-state index in [1.54, 1.807) is 0 Å². The van der Waals surface area contributed by atoms with Gasteiger partial charge in [0.15, 0.2) is 0 Å². The minimum atomic E-state index is -1.04. The van der Waals surface area contributed by atoms with Gasteiger partial charge in [0.2, 0.25) is 5.91 Å². The minimum absolute atomic E-state index is 0.120. The Morgan fingerprint density at radius 2 is 1.67 bits per heavy atom. The van der Waals surface area contributed by atoms with Crippen molar-refractivity contribution in [2.75, 3.05) is 18.0 Å². The number of anilines is 1. The third-order valence-electron chi connectivity index (χ3n) is 5.79. The fourth-order valence-corrected chi connectivity index (χ4v) is 4.17. The summed E-state index contributed by atoms with van der Waals surface area (Å²) in [6, 6.07) is 15.9. The average Bonchev–Trinajstić information content (AvgIpc) is 3.03. The Morgan fingerprint density at radius 3 is 2.30 bits per heavy atom. The number of likely N-dealkylation sites (tertiary alicyclic amines) is 1. The van der Waals surface area contributed by atoms with Crippen molar-refractivity contribution in [1.82, 2.24) is 10.2 Å². The van der Waals surface area contributed by atoms with Gasteiger partial charge in [-0.15, -0.1) is 0 Å². The maximum absolute atomic E-state index is 12.8. The molecule has 2 aromatic rings. The van der Waals surface area contributed by atoms with Crippen LogP contribution in [0.5, 0.6) is 0 Å². The second kappa shape index (κ2) is 8.77. The number of amides is 2.